The monoisotopic (exact) mass is 354 g/mol. The van der Waals surface area contributed by atoms with Gasteiger partial charge in [-0.15, -0.1) is 0 Å². The summed E-state index contributed by atoms with van der Waals surface area (Å²) in [5.74, 6) is -0.344. The number of rotatable bonds is 6. The maximum absolute atomic E-state index is 13.7. The van der Waals surface area contributed by atoms with Crippen LogP contribution in [0.4, 0.5) is 10.1 Å². The molecule has 2 amide bonds. The minimum Gasteiger partial charge on any atom is -0.342 e. The third kappa shape index (κ3) is 4.10. The molecule has 0 bridgehead atoms. The smallest absolute Gasteiger partial charge is 0.228 e. The van der Waals surface area contributed by atoms with Crippen LogP contribution in [0.3, 0.4) is 0 Å². The Hall–Kier alpha value is -2.69. The van der Waals surface area contributed by atoms with Crippen molar-refractivity contribution in [2.24, 2.45) is 0 Å². The summed E-state index contributed by atoms with van der Waals surface area (Å²) in [7, 11) is 0. The van der Waals surface area contributed by atoms with E-state index in [1.807, 2.05) is 24.3 Å². The maximum Gasteiger partial charge on any atom is 0.228 e. The van der Waals surface area contributed by atoms with Gasteiger partial charge in [0.05, 0.1) is 0 Å². The number of fused-ring (bicyclic) bond motifs is 1. The van der Waals surface area contributed by atoms with Crippen molar-refractivity contribution in [2.75, 3.05) is 24.5 Å². The van der Waals surface area contributed by atoms with Crippen molar-refractivity contribution in [3.8, 4) is 0 Å². The predicted octanol–water partition coefficient (Wildman–Crippen LogP) is 3.20. The van der Waals surface area contributed by atoms with Crippen molar-refractivity contribution in [3.63, 3.8) is 0 Å². The topological polar surface area (TPSA) is 40.6 Å². The normalized spacial score (nSPS) is 12.8. The van der Waals surface area contributed by atoms with Gasteiger partial charge in [-0.2, -0.15) is 0 Å². The Morgan fingerprint density at radius 1 is 1.08 bits per heavy atom. The van der Waals surface area contributed by atoms with E-state index in [2.05, 4.69) is 0 Å². The molecule has 0 unspecified atom stereocenters. The van der Waals surface area contributed by atoms with Crippen LogP contribution in [0.2, 0.25) is 0 Å². The van der Waals surface area contributed by atoms with Crippen LogP contribution in [-0.2, 0) is 22.4 Å². The van der Waals surface area contributed by atoms with Gasteiger partial charge in [0.25, 0.3) is 0 Å². The SMILES string of the molecule is CC(=O)N(CCC(=O)N1CCc2ccccc21)CCc1ccccc1F. The fraction of sp³-hybridized carbons (Fsp3) is 0.333. The van der Waals surface area contributed by atoms with Crippen LogP contribution in [0.25, 0.3) is 0 Å². The van der Waals surface area contributed by atoms with Gasteiger partial charge in [-0.1, -0.05) is 36.4 Å². The van der Waals surface area contributed by atoms with E-state index >= 15 is 0 Å². The Balaban J connectivity index is 1.57. The van der Waals surface area contributed by atoms with Gasteiger partial charge >= 0.3 is 0 Å². The van der Waals surface area contributed by atoms with E-state index in [1.165, 1.54) is 18.6 Å². The molecule has 4 nitrogen and oxygen atoms in total. The number of para-hydroxylation sites is 1. The summed E-state index contributed by atoms with van der Waals surface area (Å²) in [5.41, 5.74) is 2.74. The number of carbonyl (C=O) groups is 2. The first-order valence-corrected chi connectivity index (χ1v) is 8.93. The molecule has 0 saturated carbocycles. The maximum atomic E-state index is 13.7. The van der Waals surface area contributed by atoms with E-state index in [4.69, 9.17) is 0 Å². The predicted molar refractivity (Wildman–Crippen MR) is 99.5 cm³/mol. The lowest BCUT2D eigenvalue weighted by atomic mass is 10.1. The second-order valence-electron chi connectivity index (χ2n) is 6.52. The molecule has 0 spiro atoms. The van der Waals surface area contributed by atoms with Crippen LogP contribution < -0.4 is 4.90 Å². The van der Waals surface area contributed by atoms with Gasteiger partial charge in [0.15, 0.2) is 0 Å². The lowest BCUT2D eigenvalue weighted by Crippen LogP contribution is -2.36. The van der Waals surface area contributed by atoms with Gasteiger partial charge in [0, 0.05) is 38.7 Å². The molecule has 0 atom stereocenters. The summed E-state index contributed by atoms with van der Waals surface area (Å²) in [5, 5.41) is 0. The molecule has 26 heavy (non-hydrogen) atoms. The fourth-order valence-electron chi connectivity index (χ4n) is 3.35. The number of nitrogens with zero attached hydrogens (tertiary/aromatic N) is 2. The zero-order valence-corrected chi connectivity index (χ0v) is 15.0. The minimum atomic E-state index is -0.263. The van der Waals surface area contributed by atoms with Gasteiger partial charge in [0.2, 0.25) is 11.8 Å². The Bertz CT molecular complexity index is 806. The molecule has 1 heterocycles. The van der Waals surface area contributed by atoms with Gasteiger partial charge in [-0.25, -0.2) is 4.39 Å². The van der Waals surface area contributed by atoms with E-state index < -0.39 is 0 Å². The number of hydrogen-bond acceptors (Lipinski definition) is 2. The van der Waals surface area contributed by atoms with Crippen LogP contribution in [0.1, 0.15) is 24.5 Å². The summed E-state index contributed by atoms with van der Waals surface area (Å²) < 4.78 is 13.7. The highest BCUT2D eigenvalue weighted by Gasteiger charge is 2.24. The van der Waals surface area contributed by atoms with Crippen molar-refractivity contribution in [1.82, 2.24) is 4.90 Å². The Kier molecular flexibility index (Phi) is 5.66. The van der Waals surface area contributed by atoms with Gasteiger partial charge in [-0.05, 0) is 36.1 Å². The number of benzene rings is 2. The number of amides is 2. The van der Waals surface area contributed by atoms with E-state index in [1.54, 1.807) is 28.0 Å². The molecule has 0 N–H and O–H groups in total. The highest BCUT2D eigenvalue weighted by Crippen LogP contribution is 2.27. The average molecular weight is 354 g/mol. The molecule has 0 radical (unpaired) electrons. The van der Waals surface area contributed by atoms with Gasteiger partial charge < -0.3 is 9.80 Å². The molecular weight excluding hydrogens is 331 g/mol. The zero-order valence-electron chi connectivity index (χ0n) is 15.0. The van der Waals surface area contributed by atoms with E-state index in [9.17, 15) is 14.0 Å². The van der Waals surface area contributed by atoms with E-state index in [0.29, 0.717) is 31.6 Å². The molecule has 0 fully saturated rings. The highest BCUT2D eigenvalue weighted by molar-refractivity contribution is 5.95. The molecule has 1 aliphatic heterocycles. The summed E-state index contributed by atoms with van der Waals surface area (Å²) in [4.78, 5) is 27.9. The molecule has 0 aliphatic carbocycles. The van der Waals surface area contributed by atoms with Crippen molar-refractivity contribution >= 4 is 17.5 Å². The molecule has 3 rings (SSSR count). The molecule has 2 aromatic rings. The third-order valence-electron chi connectivity index (χ3n) is 4.84. The van der Waals surface area contributed by atoms with Crippen molar-refractivity contribution in [2.45, 2.75) is 26.2 Å². The first-order chi connectivity index (χ1) is 12.6. The van der Waals surface area contributed by atoms with Crippen LogP contribution >= 0.6 is 0 Å². The van der Waals surface area contributed by atoms with E-state index in [-0.39, 0.29) is 24.1 Å². The fourth-order valence-corrected chi connectivity index (χ4v) is 3.35. The number of carbonyl (C=O) groups excluding carboxylic acids is 2. The van der Waals surface area contributed by atoms with Crippen LogP contribution in [0.15, 0.2) is 48.5 Å². The molecule has 2 aromatic carbocycles. The standard InChI is InChI=1S/C21H23FN2O2/c1-16(25)23(13-10-17-6-2-4-8-19(17)22)14-12-21(26)24-15-11-18-7-3-5-9-20(18)24/h2-9H,10-15H2,1H3. The number of hydrogen-bond donors (Lipinski definition) is 0. The average Bonchev–Trinajstić information content (AvgIpc) is 3.06. The second kappa shape index (κ2) is 8.13. The summed E-state index contributed by atoms with van der Waals surface area (Å²) in [6.07, 6.45) is 1.57. The molecule has 0 saturated heterocycles. The van der Waals surface area contributed by atoms with E-state index in [0.717, 1.165) is 12.1 Å². The van der Waals surface area contributed by atoms with Gasteiger partial charge in [-0.3, -0.25) is 9.59 Å². The number of anilines is 1. The molecule has 1 aliphatic rings. The lowest BCUT2D eigenvalue weighted by molar-refractivity contribution is -0.129. The first kappa shape index (κ1) is 18.1. The highest BCUT2D eigenvalue weighted by atomic mass is 19.1. The summed E-state index contributed by atoms with van der Waals surface area (Å²) >= 11 is 0. The molecule has 5 heteroatoms. The van der Waals surface area contributed by atoms with Crippen LogP contribution in [0.5, 0.6) is 0 Å². The Morgan fingerprint density at radius 3 is 2.58 bits per heavy atom. The lowest BCUT2D eigenvalue weighted by Gasteiger charge is -2.23. The van der Waals surface area contributed by atoms with Crippen molar-refractivity contribution < 1.29 is 14.0 Å². The quantitative estimate of drug-likeness (QED) is 0.799. The Labute approximate surface area is 153 Å². The minimum absolute atomic E-state index is 0.0205. The van der Waals surface area contributed by atoms with Crippen LogP contribution in [0, 0.1) is 5.82 Å². The largest absolute Gasteiger partial charge is 0.342 e. The summed E-state index contributed by atoms with van der Waals surface area (Å²) in [6.45, 7) is 2.92. The molecule has 0 aromatic heterocycles. The second-order valence-corrected chi connectivity index (χ2v) is 6.52. The number of halogens is 1. The molecule has 136 valence electrons. The third-order valence-corrected chi connectivity index (χ3v) is 4.84. The molecular formula is C21H23FN2O2. The summed E-state index contributed by atoms with van der Waals surface area (Å²) in [6, 6.07) is 14.5. The van der Waals surface area contributed by atoms with Crippen molar-refractivity contribution in [3.05, 3.63) is 65.5 Å². The van der Waals surface area contributed by atoms with Gasteiger partial charge in [0.1, 0.15) is 5.82 Å². The Morgan fingerprint density at radius 2 is 1.81 bits per heavy atom. The zero-order chi connectivity index (χ0) is 18.5. The van der Waals surface area contributed by atoms with Crippen LogP contribution in [-0.4, -0.2) is 36.3 Å². The first-order valence-electron chi connectivity index (χ1n) is 8.93. The van der Waals surface area contributed by atoms with Crippen molar-refractivity contribution in [1.29, 1.82) is 0 Å².